The standard InChI is InChI=1S/C24H20/c1-17-13-21-7-3-5-9-23(21)15-19(17)11-12-20-16-24-10-6-4-8-22(24)14-18(20)2/h3-16H,1-2H3/b12-11+. The first-order valence-corrected chi connectivity index (χ1v) is 8.37. The van der Waals surface area contributed by atoms with E-state index in [1.807, 2.05) is 0 Å². The van der Waals surface area contributed by atoms with E-state index >= 15 is 0 Å². The first kappa shape index (κ1) is 14.7. The second-order valence-corrected chi connectivity index (χ2v) is 6.45. The maximum absolute atomic E-state index is 2.28. The van der Waals surface area contributed by atoms with Crippen LogP contribution in [0.15, 0.2) is 72.8 Å². The molecule has 0 aromatic heterocycles. The van der Waals surface area contributed by atoms with Crippen LogP contribution in [0.3, 0.4) is 0 Å². The highest BCUT2D eigenvalue weighted by molar-refractivity contribution is 5.90. The number of hydrogen-bond donors (Lipinski definition) is 0. The smallest absolute Gasteiger partial charge is 0.0178 e. The molecule has 0 heterocycles. The third-order valence-electron chi connectivity index (χ3n) is 4.71. The van der Waals surface area contributed by atoms with Gasteiger partial charge in [0, 0.05) is 0 Å². The fourth-order valence-corrected chi connectivity index (χ4v) is 3.28. The topological polar surface area (TPSA) is 0 Å². The highest BCUT2D eigenvalue weighted by Crippen LogP contribution is 2.24. The van der Waals surface area contributed by atoms with Crippen molar-refractivity contribution in [2.24, 2.45) is 0 Å². The van der Waals surface area contributed by atoms with Crippen molar-refractivity contribution >= 4 is 33.7 Å². The average Bonchev–Trinajstić information content (AvgIpc) is 2.60. The van der Waals surface area contributed by atoms with E-state index in [0.29, 0.717) is 0 Å². The van der Waals surface area contributed by atoms with Crippen LogP contribution in [0, 0.1) is 13.8 Å². The van der Waals surface area contributed by atoms with Gasteiger partial charge in [-0.3, -0.25) is 0 Å². The molecule has 0 atom stereocenters. The van der Waals surface area contributed by atoms with Gasteiger partial charge in [0.2, 0.25) is 0 Å². The van der Waals surface area contributed by atoms with E-state index in [2.05, 4.69) is 98.8 Å². The van der Waals surface area contributed by atoms with Gasteiger partial charge in [-0.1, -0.05) is 72.8 Å². The Hall–Kier alpha value is -2.86. The zero-order valence-corrected chi connectivity index (χ0v) is 14.1. The summed E-state index contributed by atoms with van der Waals surface area (Å²) in [6.07, 6.45) is 4.47. The summed E-state index contributed by atoms with van der Waals surface area (Å²) < 4.78 is 0. The molecule has 4 rings (SSSR count). The summed E-state index contributed by atoms with van der Waals surface area (Å²) in [6.45, 7) is 4.36. The van der Waals surface area contributed by atoms with Crippen molar-refractivity contribution in [3.63, 3.8) is 0 Å². The Morgan fingerprint density at radius 2 is 0.833 bits per heavy atom. The van der Waals surface area contributed by atoms with Crippen LogP contribution in [0.1, 0.15) is 22.3 Å². The minimum absolute atomic E-state index is 1.28. The van der Waals surface area contributed by atoms with Gasteiger partial charge in [-0.2, -0.15) is 0 Å². The van der Waals surface area contributed by atoms with E-state index < -0.39 is 0 Å². The predicted octanol–water partition coefficient (Wildman–Crippen LogP) is 6.78. The van der Waals surface area contributed by atoms with Crippen molar-refractivity contribution in [1.29, 1.82) is 0 Å². The fraction of sp³-hybridized carbons (Fsp3) is 0.0833. The molecule has 0 aliphatic heterocycles. The molecule has 0 saturated carbocycles. The largest absolute Gasteiger partial charge is 0.0616 e. The molecule has 0 nitrogen and oxygen atoms in total. The van der Waals surface area contributed by atoms with Crippen LogP contribution in [0.4, 0.5) is 0 Å². The molecule has 0 radical (unpaired) electrons. The molecule has 4 aromatic rings. The number of fused-ring (bicyclic) bond motifs is 2. The molecule has 0 aliphatic carbocycles. The van der Waals surface area contributed by atoms with Gasteiger partial charge in [0.05, 0.1) is 0 Å². The fourth-order valence-electron chi connectivity index (χ4n) is 3.28. The van der Waals surface area contributed by atoms with Crippen molar-refractivity contribution < 1.29 is 0 Å². The molecule has 24 heavy (non-hydrogen) atoms. The molecule has 0 saturated heterocycles. The summed E-state index contributed by atoms with van der Waals surface area (Å²) >= 11 is 0. The molecular formula is C24H20. The van der Waals surface area contributed by atoms with Gasteiger partial charge in [-0.25, -0.2) is 0 Å². The van der Waals surface area contributed by atoms with Crippen molar-refractivity contribution in [3.8, 4) is 0 Å². The van der Waals surface area contributed by atoms with Crippen LogP contribution >= 0.6 is 0 Å². The first-order chi connectivity index (χ1) is 11.7. The summed E-state index contributed by atoms with van der Waals surface area (Å²) in [5.74, 6) is 0. The third kappa shape index (κ3) is 2.72. The molecule has 116 valence electrons. The summed E-state index contributed by atoms with van der Waals surface area (Å²) in [6, 6.07) is 26.1. The number of benzene rings is 4. The Labute approximate surface area is 143 Å². The van der Waals surface area contributed by atoms with Gasteiger partial charge in [0.25, 0.3) is 0 Å². The zero-order chi connectivity index (χ0) is 16.5. The van der Waals surface area contributed by atoms with Gasteiger partial charge >= 0.3 is 0 Å². The van der Waals surface area contributed by atoms with Gasteiger partial charge in [0.1, 0.15) is 0 Å². The lowest BCUT2D eigenvalue weighted by molar-refractivity contribution is 1.46. The lowest BCUT2D eigenvalue weighted by atomic mass is 9.98. The molecule has 0 bridgehead atoms. The minimum atomic E-state index is 1.28. The zero-order valence-electron chi connectivity index (χ0n) is 14.1. The first-order valence-electron chi connectivity index (χ1n) is 8.37. The van der Waals surface area contributed by atoms with E-state index in [4.69, 9.17) is 0 Å². The quantitative estimate of drug-likeness (QED) is 0.358. The van der Waals surface area contributed by atoms with Gasteiger partial charge in [0.15, 0.2) is 0 Å². The average molecular weight is 308 g/mol. The number of aryl methyl sites for hydroxylation is 2. The van der Waals surface area contributed by atoms with Crippen LogP contribution < -0.4 is 0 Å². The predicted molar refractivity (Wildman–Crippen MR) is 106 cm³/mol. The molecule has 0 N–H and O–H groups in total. The Morgan fingerprint density at radius 1 is 0.500 bits per heavy atom. The van der Waals surface area contributed by atoms with Gasteiger partial charge < -0.3 is 0 Å². The molecule has 0 heteroatoms. The monoisotopic (exact) mass is 308 g/mol. The van der Waals surface area contributed by atoms with E-state index in [1.165, 1.54) is 43.8 Å². The highest BCUT2D eigenvalue weighted by Gasteiger charge is 2.01. The van der Waals surface area contributed by atoms with E-state index in [-0.39, 0.29) is 0 Å². The Balaban J connectivity index is 1.77. The van der Waals surface area contributed by atoms with Crippen LogP contribution in [-0.2, 0) is 0 Å². The van der Waals surface area contributed by atoms with E-state index in [1.54, 1.807) is 0 Å². The van der Waals surface area contributed by atoms with E-state index in [9.17, 15) is 0 Å². The molecule has 0 aliphatic rings. The maximum Gasteiger partial charge on any atom is -0.0178 e. The Kier molecular flexibility index (Phi) is 3.66. The lowest BCUT2D eigenvalue weighted by Gasteiger charge is -2.06. The van der Waals surface area contributed by atoms with Gasteiger partial charge in [-0.05, 0) is 69.8 Å². The van der Waals surface area contributed by atoms with Crippen LogP contribution in [-0.4, -0.2) is 0 Å². The molecule has 0 amide bonds. The normalized spacial score (nSPS) is 11.6. The Bertz CT molecular complexity index is 981. The van der Waals surface area contributed by atoms with Crippen LogP contribution in [0.25, 0.3) is 33.7 Å². The molecule has 0 spiro atoms. The van der Waals surface area contributed by atoms with Crippen LogP contribution in [0.5, 0.6) is 0 Å². The molecule has 4 aromatic carbocycles. The number of hydrogen-bond acceptors (Lipinski definition) is 0. The summed E-state index contributed by atoms with van der Waals surface area (Å²) in [7, 11) is 0. The van der Waals surface area contributed by atoms with Crippen molar-refractivity contribution in [2.45, 2.75) is 13.8 Å². The summed E-state index contributed by atoms with van der Waals surface area (Å²) in [4.78, 5) is 0. The van der Waals surface area contributed by atoms with Crippen molar-refractivity contribution in [3.05, 3.63) is 95.1 Å². The number of rotatable bonds is 2. The summed E-state index contributed by atoms with van der Waals surface area (Å²) in [5.41, 5.74) is 5.18. The molecular weight excluding hydrogens is 288 g/mol. The third-order valence-corrected chi connectivity index (χ3v) is 4.71. The molecule has 0 fully saturated rings. The summed E-state index contributed by atoms with van der Waals surface area (Å²) in [5, 5.41) is 5.18. The minimum Gasteiger partial charge on any atom is -0.0616 e. The van der Waals surface area contributed by atoms with Gasteiger partial charge in [-0.15, -0.1) is 0 Å². The molecule has 0 unspecified atom stereocenters. The van der Waals surface area contributed by atoms with Crippen molar-refractivity contribution in [1.82, 2.24) is 0 Å². The Morgan fingerprint density at radius 3 is 1.21 bits per heavy atom. The maximum atomic E-state index is 2.28. The SMILES string of the molecule is Cc1cc2ccccc2cc1/C=C/c1cc2ccccc2cc1C. The van der Waals surface area contributed by atoms with Crippen LogP contribution in [0.2, 0.25) is 0 Å². The van der Waals surface area contributed by atoms with Crippen molar-refractivity contribution in [2.75, 3.05) is 0 Å². The second kappa shape index (κ2) is 5.98. The lowest BCUT2D eigenvalue weighted by Crippen LogP contribution is -1.84. The highest BCUT2D eigenvalue weighted by atomic mass is 14.1. The second-order valence-electron chi connectivity index (χ2n) is 6.45. The van der Waals surface area contributed by atoms with E-state index in [0.717, 1.165) is 0 Å².